The summed E-state index contributed by atoms with van der Waals surface area (Å²) in [5.74, 6) is -1.10. The van der Waals surface area contributed by atoms with Gasteiger partial charge in [-0.2, -0.15) is 0 Å². The molecule has 3 heterocycles. The van der Waals surface area contributed by atoms with E-state index in [-0.39, 0.29) is 22.3 Å². The van der Waals surface area contributed by atoms with Crippen molar-refractivity contribution in [2.45, 2.75) is 6.04 Å². The van der Waals surface area contributed by atoms with Crippen LogP contribution in [0, 0.1) is 5.82 Å². The van der Waals surface area contributed by atoms with Crippen LogP contribution in [0.2, 0.25) is 0 Å². The van der Waals surface area contributed by atoms with Gasteiger partial charge in [-0.25, -0.2) is 4.39 Å². The number of amides is 1. The minimum absolute atomic E-state index is 0.0655. The number of rotatable bonds is 2. The number of carbonyl (C=O) groups is 1. The molecule has 0 N–H and O–H groups in total. The highest BCUT2D eigenvalue weighted by molar-refractivity contribution is 9.10. The number of benzene rings is 2. The van der Waals surface area contributed by atoms with Crippen LogP contribution in [0.5, 0.6) is 0 Å². The molecule has 0 spiro atoms. The van der Waals surface area contributed by atoms with Crippen LogP contribution in [0.15, 0.2) is 61.7 Å². The monoisotopic (exact) mass is 457 g/mol. The average Bonchev–Trinajstić information content (AvgIpc) is 3.29. The minimum Gasteiger partial charge on any atom is -0.450 e. The third-order valence-electron chi connectivity index (χ3n) is 4.55. The van der Waals surface area contributed by atoms with Gasteiger partial charge in [-0.3, -0.25) is 14.5 Å². The Labute approximate surface area is 169 Å². The Morgan fingerprint density at radius 2 is 2.04 bits per heavy atom. The number of hydrogen-bond acceptors (Lipinski definition) is 6. The van der Waals surface area contributed by atoms with Gasteiger partial charge < -0.3 is 4.42 Å². The van der Waals surface area contributed by atoms with Gasteiger partial charge >= 0.3 is 0 Å². The van der Waals surface area contributed by atoms with Crippen LogP contribution in [-0.4, -0.2) is 16.1 Å². The van der Waals surface area contributed by atoms with Gasteiger partial charge in [0.15, 0.2) is 5.43 Å². The summed E-state index contributed by atoms with van der Waals surface area (Å²) in [4.78, 5) is 27.8. The van der Waals surface area contributed by atoms with Crippen LogP contribution in [0.1, 0.15) is 27.7 Å². The maximum Gasteiger partial charge on any atom is 0.297 e. The van der Waals surface area contributed by atoms with Gasteiger partial charge in [0.25, 0.3) is 5.91 Å². The van der Waals surface area contributed by atoms with Crippen molar-refractivity contribution in [2.24, 2.45) is 0 Å². The van der Waals surface area contributed by atoms with Crippen molar-refractivity contribution in [3.05, 3.63) is 85.4 Å². The number of carbonyl (C=O) groups excluding carboxylic acids is 1. The molecule has 5 rings (SSSR count). The molecule has 6 nitrogen and oxygen atoms in total. The first-order chi connectivity index (χ1) is 13.5. The molecule has 1 atom stereocenters. The molecule has 2 aromatic heterocycles. The summed E-state index contributed by atoms with van der Waals surface area (Å²) in [5, 5.41) is 8.24. The molecule has 138 valence electrons. The molecule has 9 heteroatoms. The Bertz CT molecular complexity index is 1310. The highest BCUT2D eigenvalue weighted by atomic mass is 79.9. The number of aromatic nitrogens is 2. The molecule has 0 aliphatic carbocycles. The highest BCUT2D eigenvalue weighted by Crippen LogP contribution is 2.41. The summed E-state index contributed by atoms with van der Waals surface area (Å²) in [5.41, 5.74) is 2.08. The normalized spacial score (nSPS) is 16.0. The quantitative estimate of drug-likeness (QED) is 0.448. The van der Waals surface area contributed by atoms with Crippen molar-refractivity contribution in [3.63, 3.8) is 0 Å². The number of nitrogens with zero attached hydrogens (tertiary/aromatic N) is 3. The number of hydrogen-bond donors (Lipinski definition) is 0. The van der Waals surface area contributed by atoms with Gasteiger partial charge in [0.2, 0.25) is 10.9 Å². The Hall–Kier alpha value is -2.91. The molecule has 2 aromatic carbocycles. The van der Waals surface area contributed by atoms with Crippen LogP contribution < -0.4 is 10.3 Å². The van der Waals surface area contributed by atoms with E-state index in [1.807, 2.05) is 18.2 Å². The minimum atomic E-state index is -0.753. The number of fused-ring (bicyclic) bond motifs is 2. The fraction of sp³-hybridized carbons (Fsp3) is 0.0526. The SMILES string of the molecule is O=C1c2oc3ccc(F)cc3c(=O)c2C(c2cccc(Br)c2)N1c1nncs1. The third-order valence-corrected chi connectivity index (χ3v) is 5.73. The van der Waals surface area contributed by atoms with Gasteiger partial charge in [-0.15, -0.1) is 10.2 Å². The summed E-state index contributed by atoms with van der Waals surface area (Å²) in [6.07, 6.45) is 0. The topological polar surface area (TPSA) is 76.3 Å². The second-order valence-electron chi connectivity index (χ2n) is 6.17. The first kappa shape index (κ1) is 17.2. The molecular formula is C19H9BrFN3O3S. The van der Waals surface area contributed by atoms with Gasteiger partial charge in [0.05, 0.1) is 17.0 Å². The van der Waals surface area contributed by atoms with E-state index in [2.05, 4.69) is 26.1 Å². The van der Waals surface area contributed by atoms with Crippen LogP contribution in [0.3, 0.4) is 0 Å². The summed E-state index contributed by atoms with van der Waals surface area (Å²) in [6.45, 7) is 0. The molecule has 0 bridgehead atoms. The zero-order valence-corrected chi connectivity index (χ0v) is 16.3. The van der Waals surface area contributed by atoms with E-state index < -0.39 is 23.2 Å². The lowest BCUT2D eigenvalue weighted by Gasteiger charge is -2.22. The van der Waals surface area contributed by atoms with E-state index in [4.69, 9.17) is 4.42 Å². The fourth-order valence-electron chi connectivity index (χ4n) is 3.41. The van der Waals surface area contributed by atoms with Gasteiger partial charge in [0, 0.05) is 4.47 Å². The Balaban J connectivity index is 1.85. The van der Waals surface area contributed by atoms with E-state index in [1.165, 1.54) is 33.9 Å². The van der Waals surface area contributed by atoms with E-state index in [0.29, 0.717) is 10.7 Å². The second-order valence-corrected chi connectivity index (χ2v) is 7.90. The van der Waals surface area contributed by atoms with Crippen LogP contribution in [0.4, 0.5) is 9.52 Å². The summed E-state index contributed by atoms with van der Waals surface area (Å²) < 4.78 is 20.3. The Morgan fingerprint density at radius 3 is 2.79 bits per heavy atom. The summed E-state index contributed by atoms with van der Waals surface area (Å²) in [7, 11) is 0. The predicted octanol–water partition coefficient (Wildman–Crippen LogP) is 4.30. The number of anilines is 1. The molecule has 0 fully saturated rings. The van der Waals surface area contributed by atoms with Gasteiger partial charge in [-0.1, -0.05) is 39.4 Å². The van der Waals surface area contributed by atoms with Crippen molar-refractivity contribution in [2.75, 3.05) is 4.90 Å². The first-order valence-electron chi connectivity index (χ1n) is 8.16. The van der Waals surface area contributed by atoms with Gasteiger partial charge in [0.1, 0.15) is 16.9 Å². The van der Waals surface area contributed by atoms with Crippen molar-refractivity contribution in [1.29, 1.82) is 0 Å². The zero-order chi connectivity index (χ0) is 19.4. The predicted molar refractivity (Wildman–Crippen MR) is 105 cm³/mol. The van der Waals surface area contributed by atoms with Crippen molar-refractivity contribution >= 4 is 49.3 Å². The lowest BCUT2D eigenvalue weighted by atomic mass is 9.99. The largest absolute Gasteiger partial charge is 0.450 e. The molecule has 0 radical (unpaired) electrons. The first-order valence-corrected chi connectivity index (χ1v) is 9.83. The third kappa shape index (κ3) is 2.50. The molecule has 1 aliphatic rings. The molecule has 0 saturated carbocycles. The fourth-order valence-corrected chi connectivity index (χ4v) is 4.41. The van der Waals surface area contributed by atoms with Crippen LogP contribution in [0.25, 0.3) is 11.0 Å². The second kappa shape index (κ2) is 6.32. The molecular weight excluding hydrogens is 449 g/mol. The van der Waals surface area contributed by atoms with E-state index in [0.717, 1.165) is 10.5 Å². The Morgan fingerprint density at radius 1 is 1.18 bits per heavy atom. The van der Waals surface area contributed by atoms with Gasteiger partial charge in [-0.05, 0) is 35.9 Å². The summed E-state index contributed by atoms with van der Waals surface area (Å²) in [6, 6.07) is 10.2. The molecule has 1 unspecified atom stereocenters. The zero-order valence-electron chi connectivity index (χ0n) is 13.9. The average molecular weight is 458 g/mol. The smallest absolute Gasteiger partial charge is 0.297 e. The Kier molecular flexibility index (Phi) is 3.88. The lowest BCUT2D eigenvalue weighted by Crippen LogP contribution is -2.29. The van der Waals surface area contributed by atoms with Crippen molar-refractivity contribution in [1.82, 2.24) is 10.2 Å². The molecule has 0 saturated heterocycles. The van der Waals surface area contributed by atoms with E-state index in [9.17, 15) is 14.0 Å². The lowest BCUT2D eigenvalue weighted by molar-refractivity contribution is 0.0970. The molecule has 1 aliphatic heterocycles. The molecule has 28 heavy (non-hydrogen) atoms. The summed E-state index contributed by atoms with van der Waals surface area (Å²) >= 11 is 4.60. The maximum atomic E-state index is 13.7. The van der Waals surface area contributed by atoms with E-state index in [1.54, 1.807) is 6.07 Å². The maximum absolute atomic E-state index is 13.7. The van der Waals surface area contributed by atoms with Crippen LogP contribution in [-0.2, 0) is 0 Å². The van der Waals surface area contributed by atoms with Crippen molar-refractivity contribution < 1.29 is 13.6 Å². The highest BCUT2D eigenvalue weighted by Gasteiger charge is 2.45. The molecule has 1 amide bonds. The molecule has 4 aromatic rings. The number of halogens is 2. The van der Waals surface area contributed by atoms with Crippen molar-refractivity contribution in [3.8, 4) is 0 Å². The van der Waals surface area contributed by atoms with E-state index >= 15 is 0 Å². The van der Waals surface area contributed by atoms with Crippen LogP contribution >= 0.6 is 27.3 Å². The standard InChI is InChI=1S/C19H9BrFN3O3S/c20-10-3-1-2-9(6-10)15-14-16(25)12-7-11(21)4-5-13(12)27-17(14)18(26)24(15)19-23-22-8-28-19/h1-8,15H.